The van der Waals surface area contributed by atoms with Crippen LogP contribution in [0.2, 0.25) is 0 Å². The first-order valence-corrected chi connectivity index (χ1v) is 12.9. The molecule has 0 fully saturated rings. The van der Waals surface area contributed by atoms with Crippen LogP contribution in [0.5, 0.6) is 0 Å². The van der Waals surface area contributed by atoms with Crippen molar-refractivity contribution in [3.05, 3.63) is 126 Å². The first kappa shape index (κ1) is 20.3. The van der Waals surface area contributed by atoms with Crippen molar-refractivity contribution >= 4 is 39.0 Å². The maximum atomic E-state index is 3.32. The first-order chi connectivity index (χ1) is 17.4. The molecule has 0 radical (unpaired) electrons. The van der Waals surface area contributed by atoms with Crippen LogP contribution in [-0.2, 0) is 6.42 Å². The molecule has 0 amide bonds. The zero-order valence-electron chi connectivity index (χ0n) is 19.2. The summed E-state index contributed by atoms with van der Waals surface area (Å²) in [5, 5.41) is 5.21. The molecule has 164 valence electrons. The second kappa shape index (κ2) is 8.27. The van der Waals surface area contributed by atoms with Gasteiger partial charge in [-0.1, -0.05) is 103 Å². The van der Waals surface area contributed by atoms with Gasteiger partial charge in [0.15, 0.2) is 0 Å². The SMILES string of the molecule is c1cccc(-c2ccccc2-c2sc(-c3ccc4ccc5ccccc5c4c3)c3c2CCC=C3)c#1. The van der Waals surface area contributed by atoms with Gasteiger partial charge in [-0.15, -0.1) is 11.3 Å². The highest BCUT2D eigenvalue weighted by Gasteiger charge is 2.22. The van der Waals surface area contributed by atoms with Crippen LogP contribution in [0, 0.1) is 12.1 Å². The van der Waals surface area contributed by atoms with E-state index in [9.17, 15) is 0 Å². The number of benzene rings is 4. The number of allylic oxidation sites excluding steroid dienone is 1. The molecule has 1 heteroatoms. The van der Waals surface area contributed by atoms with Gasteiger partial charge in [-0.2, -0.15) is 0 Å². The van der Waals surface area contributed by atoms with E-state index < -0.39 is 0 Å². The van der Waals surface area contributed by atoms with Gasteiger partial charge in [0.05, 0.1) is 0 Å². The Hall–Kier alpha value is -4.12. The molecule has 0 nitrogen and oxygen atoms in total. The Bertz CT molecular complexity index is 1730. The average molecular weight is 463 g/mol. The summed E-state index contributed by atoms with van der Waals surface area (Å²) < 4.78 is 0. The smallest absolute Gasteiger partial charge is 0.0424 e. The summed E-state index contributed by atoms with van der Waals surface area (Å²) in [4.78, 5) is 2.74. The monoisotopic (exact) mass is 462 g/mol. The van der Waals surface area contributed by atoms with Gasteiger partial charge in [-0.05, 0) is 74.8 Å². The Morgan fingerprint density at radius 2 is 1.49 bits per heavy atom. The largest absolute Gasteiger partial charge is 0.134 e. The minimum absolute atomic E-state index is 1.08. The third-order valence-corrected chi connectivity index (χ3v) is 8.34. The second-order valence-electron chi connectivity index (χ2n) is 9.07. The lowest BCUT2D eigenvalue weighted by atomic mass is 9.91. The van der Waals surface area contributed by atoms with Crippen molar-refractivity contribution in [3.8, 4) is 32.0 Å². The molecular weight excluding hydrogens is 440 g/mol. The molecule has 0 spiro atoms. The van der Waals surface area contributed by atoms with Crippen LogP contribution in [0.15, 0.2) is 103 Å². The van der Waals surface area contributed by atoms with Gasteiger partial charge in [-0.3, -0.25) is 0 Å². The fourth-order valence-electron chi connectivity index (χ4n) is 5.33. The molecule has 0 bridgehead atoms. The summed E-state index contributed by atoms with van der Waals surface area (Å²) in [6.07, 6.45) is 6.83. The van der Waals surface area contributed by atoms with Gasteiger partial charge in [-0.25, -0.2) is 0 Å². The highest BCUT2D eigenvalue weighted by molar-refractivity contribution is 7.19. The van der Waals surface area contributed by atoms with E-state index in [1.165, 1.54) is 59.1 Å². The van der Waals surface area contributed by atoms with Gasteiger partial charge < -0.3 is 0 Å². The quantitative estimate of drug-likeness (QED) is 0.230. The molecule has 1 aromatic heterocycles. The topological polar surface area (TPSA) is 0 Å². The molecule has 0 unspecified atom stereocenters. The third kappa shape index (κ3) is 3.38. The van der Waals surface area contributed by atoms with Crippen LogP contribution in [0.1, 0.15) is 17.5 Å². The first-order valence-electron chi connectivity index (χ1n) is 12.1. The predicted octanol–water partition coefficient (Wildman–Crippen LogP) is 9.62. The summed E-state index contributed by atoms with van der Waals surface area (Å²) in [6, 6.07) is 41.4. The number of hydrogen-bond donors (Lipinski definition) is 0. The van der Waals surface area contributed by atoms with Gasteiger partial charge in [0.1, 0.15) is 0 Å². The van der Waals surface area contributed by atoms with E-state index in [4.69, 9.17) is 0 Å². The van der Waals surface area contributed by atoms with Gasteiger partial charge in [0.25, 0.3) is 0 Å². The molecule has 0 aliphatic heterocycles. The van der Waals surface area contributed by atoms with Crippen LogP contribution >= 0.6 is 11.3 Å². The van der Waals surface area contributed by atoms with Crippen molar-refractivity contribution in [2.45, 2.75) is 12.8 Å². The van der Waals surface area contributed by atoms with Gasteiger partial charge in [0, 0.05) is 20.9 Å². The summed E-state index contributed by atoms with van der Waals surface area (Å²) in [6.45, 7) is 0. The van der Waals surface area contributed by atoms with E-state index in [2.05, 4.69) is 109 Å². The van der Waals surface area contributed by atoms with Crippen molar-refractivity contribution in [1.82, 2.24) is 0 Å². The highest BCUT2D eigenvalue weighted by Crippen LogP contribution is 2.47. The third-order valence-electron chi connectivity index (χ3n) is 7.01. The molecule has 7 rings (SSSR count). The lowest BCUT2D eigenvalue weighted by Gasteiger charge is -2.12. The standard InChI is InChI=1S/C34H22S/c1-2-10-23(11-3-1)27-13-6-7-15-29(27)34-31-17-9-8-16-30(31)33(35-34)26-21-20-25-19-18-24-12-4-5-14-28(24)32(25)22-26/h1-2,4-8,10,12-16,18-22H,9,17H2. The molecule has 6 aromatic rings. The summed E-state index contributed by atoms with van der Waals surface area (Å²) in [7, 11) is 0. The van der Waals surface area contributed by atoms with Crippen molar-refractivity contribution in [2.75, 3.05) is 0 Å². The average Bonchev–Trinajstić information content (AvgIpc) is 3.33. The van der Waals surface area contributed by atoms with Gasteiger partial charge in [0.2, 0.25) is 0 Å². The summed E-state index contributed by atoms with van der Waals surface area (Å²) >= 11 is 1.93. The Labute approximate surface area is 209 Å². The molecule has 1 heterocycles. The minimum Gasteiger partial charge on any atom is -0.134 e. The van der Waals surface area contributed by atoms with E-state index in [1.807, 2.05) is 23.5 Å². The second-order valence-corrected chi connectivity index (χ2v) is 10.1. The lowest BCUT2D eigenvalue weighted by molar-refractivity contribution is 0.996. The van der Waals surface area contributed by atoms with E-state index >= 15 is 0 Å². The molecule has 1 aliphatic carbocycles. The van der Waals surface area contributed by atoms with Crippen molar-refractivity contribution in [2.24, 2.45) is 0 Å². The Morgan fingerprint density at radius 1 is 0.686 bits per heavy atom. The fourth-order valence-corrected chi connectivity index (χ4v) is 6.71. The molecule has 0 atom stereocenters. The van der Waals surface area contributed by atoms with E-state index in [0.717, 1.165) is 18.4 Å². The minimum atomic E-state index is 1.08. The predicted molar refractivity (Wildman–Crippen MR) is 151 cm³/mol. The maximum absolute atomic E-state index is 3.32. The molecule has 5 aromatic carbocycles. The molecule has 0 saturated carbocycles. The molecule has 0 saturated heterocycles. The van der Waals surface area contributed by atoms with Crippen molar-refractivity contribution in [3.63, 3.8) is 0 Å². The van der Waals surface area contributed by atoms with Crippen LogP contribution < -0.4 is 0 Å². The van der Waals surface area contributed by atoms with E-state index in [1.54, 1.807) is 0 Å². The van der Waals surface area contributed by atoms with E-state index in [0.29, 0.717) is 0 Å². The van der Waals surface area contributed by atoms with Crippen LogP contribution in [0.4, 0.5) is 0 Å². The maximum Gasteiger partial charge on any atom is 0.0424 e. The molecular formula is C34H22S. The summed E-state index contributed by atoms with van der Waals surface area (Å²) in [5.74, 6) is 0. The Kier molecular flexibility index (Phi) is 4.79. The highest BCUT2D eigenvalue weighted by atomic mass is 32.1. The zero-order valence-corrected chi connectivity index (χ0v) is 20.0. The molecule has 1 aliphatic rings. The number of rotatable bonds is 3. The van der Waals surface area contributed by atoms with Crippen LogP contribution in [0.25, 0.3) is 59.6 Å². The molecule has 35 heavy (non-hydrogen) atoms. The summed E-state index contributed by atoms with van der Waals surface area (Å²) in [5.41, 5.74) is 7.75. The number of hydrogen-bond acceptors (Lipinski definition) is 1. The fraction of sp³-hybridized carbons (Fsp3) is 0.0588. The van der Waals surface area contributed by atoms with Crippen LogP contribution in [-0.4, -0.2) is 0 Å². The number of fused-ring (bicyclic) bond motifs is 4. The number of thiophene rings is 1. The van der Waals surface area contributed by atoms with Gasteiger partial charge >= 0.3 is 0 Å². The Balaban J connectivity index is 1.46. The normalized spacial score (nSPS) is 12.6. The van der Waals surface area contributed by atoms with Crippen molar-refractivity contribution in [1.29, 1.82) is 0 Å². The van der Waals surface area contributed by atoms with E-state index in [-0.39, 0.29) is 0 Å². The van der Waals surface area contributed by atoms with Crippen LogP contribution in [0.3, 0.4) is 0 Å². The Morgan fingerprint density at radius 3 is 2.37 bits per heavy atom. The molecule has 0 N–H and O–H groups in total. The zero-order chi connectivity index (χ0) is 23.2. The van der Waals surface area contributed by atoms with Crippen molar-refractivity contribution < 1.29 is 0 Å². The lowest BCUT2D eigenvalue weighted by Crippen LogP contribution is -1.94.